The van der Waals surface area contributed by atoms with Crippen LogP contribution in [-0.2, 0) is 0 Å². The molecule has 0 rings (SSSR count). The summed E-state index contributed by atoms with van der Waals surface area (Å²) in [6.45, 7) is 0. The molecule has 0 heterocycles. The van der Waals surface area contributed by atoms with Gasteiger partial charge in [0, 0.05) is 5.33 Å². The first-order valence-electron chi connectivity index (χ1n) is 7.03. The van der Waals surface area contributed by atoms with Gasteiger partial charge in [-0.2, -0.15) is 0 Å². The molecule has 0 aliphatic heterocycles. The molecule has 0 aliphatic carbocycles. The lowest BCUT2D eigenvalue weighted by Crippen LogP contribution is -1.83. The molecule has 0 aromatic heterocycles. The average molecular weight is 403 g/mol. The van der Waals surface area contributed by atoms with E-state index in [9.17, 15) is 0 Å². The number of hydrogen-bond acceptors (Lipinski definition) is 0. The van der Waals surface area contributed by atoms with E-state index >= 15 is 0 Å². The summed E-state index contributed by atoms with van der Waals surface area (Å²) in [7, 11) is 0. The SMILES string of the molecule is BrCCCCCCCCCCCCCCI. The molecule has 0 nitrogen and oxygen atoms in total. The van der Waals surface area contributed by atoms with Crippen LogP contribution in [0.1, 0.15) is 77.0 Å². The highest BCUT2D eigenvalue weighted by Gasteiger charge is 1.93. The summed E-state index contributed by atoms with van der Waals surface area (Å²) < 4.78 is 1.34. The quantitative estimate of drug-likeness (QED) is 0.187. The first-order chi connectivity index (χ1) is 7.91. The molecular weight excluding hydrogens is 375 g/mol. The summed E-state index contributed by atoms with van der Waals surface area (Å²) >= 11 is 5.96. The van der Waals surface area contributed by atoms with Gasteiger partial charge in [0.15, 0.2) is 0 Å². The maximum absolute atomic E-state index is 3.48. The lowest BCUT2D eigenvalue weighted by atomic mass is 10.1. The van der Waals surface area contributed by atoms with Gasteiger partial charge < -0.3 is 0 Å². The average Bonchev–Trinajstić information content (AvgIpc) is 2.31. The number of alkyl halides is 2. The van der Waals surface area contributed by atoms with Crippen LogP contribution in [0.3, 0.4) is 0 Å². The maximum atomic E-state index is 3.48. The van der Waals surface area contributed by atoms with Crippen molar-refractivity contribution in [1.82, 2.24) is 0 Å². The van der Waals surface area contributed by atoms with Gasteiger partial charge in [-0.3, -0.25) is 0 Å². The maximum Gasteiger partial charge on any atom is 0.00313 e. The normalized spacial score (nSPS) is 10.9. The van der Waals surface area contributed by atoms with Crippen LogP contribution in [0.2, 0.25) is 0 Å². The molecule has 0 bridgehead atoms. The molecule has 0 unspecified atom stereocenters. The number of unbranched alkanes of at least 4 members (excludes halogenated alkanes) is 11. The van der Waals surface area contributed by atoms with Gasteiger partial charge in [0.25, 0.3) is 0 Å². The molecule has 0 aliphatic rings. The highest BCUT2D eigenvalue weighted by Crippen LogP contribution is 2.12. The number of halogens is 2. The number of hydrogen-bond donors (Lipinski definition) is 0. The molecule has 0 saturated heterocycles. The van der Waals surface area contributed by atoms with Gasteiger partial charge in [-0.1, -0.05) is 103 Å². The molecule has 0 spiro atoms. The summed E-state index contributed by atoms with van der Waals surface area (Å²) in [5.74, 6) is 0. The van der Waals surface area contributed by atoms with Gasteiger partial charge in [0.2, 0.25) is 0 Å². The summed E-state index contributed by atoms with van der Waals surface area (Å²) in [6, 6.07) is 0. The fraction of sp³-hybridized carbons (Fsp3) is 1.00. The predicted octanol–water partition coefficient (Wildman–Crippen LogP) is 6.50. The zero-order valence-electron chi connectivity index (χ0n) is 10.7. The summed E-state index contributed by atoms with van der Waals surface area (Å²) in [5, 5.41) is 1.18. The van der Waals surface area contributed by atoms with Gasteiger partial charge in [-0.25, -0.2) is 0 Å². The molecule has 0 amide bonds. The summed E-state index contributed by atoms with van der Waals surface area (Å²) in [4.78, 5) is 0. The van der Waals surface area contributed by atoms with E-state index in [0.717, 1.165) is 0 Å². The standard InChI is InChI=1S/C14H28BrI/c15-13-11-9-7-5-3-1-2-4-6-8-10-12-14-16/h1-14H2. The van der Waals surface area contributed by atoms with Gasteiger partial charge in [-0.05, 0) is 17.3 Å². The zero-order valence-corrected chi connectivity index (χ0v) is 14.4. The molecule has 16 heavy (non-hydrogen) atoms. The van der Waals surface area contributed by atoms with Crippen LogP contribution in [0, 0.1) is 0 Å². The van der Waals surface area contributed by atoms with Crippen molar-refractivity contribution < 1.29 is 0 Å². The van der Waals surface area contributed by atoms with Crippen molar-refractivity contribution in [2.75, 3.05) is 9.76 Å². The highest BCUT2D eigenvalue weighted by atomic mass is 127. The highest BCUT2D eigenvalue weighted by molar-refractivity contribution is 14.1. The van der Waals surface area contributed by atoms with Crippen molar-refractivity contribution in [1.29, 1.82) is 0 Å². The predicted molar refractivity (Wildman–Crippen MR) is 88.1 cm³/mol. The molecule has 0 N–H and O–H groups in total. The van der Waals surface area contributed by atoms with E-state index in [1.54, 1.807) is 0 Å². The molecule has 0 aromatic carbocycles. The van der Waals surface area contributed by atoms with Crippen LogP contribution < -0.4 is 0 Å². The van der Waals surface area contributed by atoms with Crippen molar-refractivity contribution in [3.63, 3.8) is 0 Å². The van der Waals surface area contributed by atoms with Crippen molar-refractivity contribution in [2.45, 2.75) is 77.0 Å². The van der Waals surface area contributed by atoms with Crippen LogP contribution in [-0.4, -0.2) is 9.76 Å². The van der Waals surface area contributed by atoms with Crippen molar-refractivity contribution in [3.8, 4) is 0 Å². The Labute approximate surface area is 125 Å². The van der Waals surface area contributed by atoms with Crippen molar-refractivity contribution in [3.05, 3.63) is 0 Å². The van der Waals surface area contributed by atoms with E-state index in [-0.39, 0.29) is 0 Å². The van der Waals surface area contributed by atoms with Gasteiger partial charge in [0.1, 0.15) is 0 Å². The Bertz CT molecular complexity index is 103. The van der Waals surface area contributed by atoms with E-state index in [0.29, 0.717) is 0 Å². The molecular formula is C14H28BrI. The molecule has 2 heteroatoms. The van der Waals surface area contributed by atoms with Crippen LogP contribution in [0.5, 0.6) is 0 Å². The second kappa shape index (κ2) is 16.2. The Kier molecular flexibility index (Phi) is 17.4. The van der Waals surface area contributed by atoms with Gasteiger partial charge >= 0.3 is 0 Å². The third kappa shape index (κ3) is 15.2. The molecule has 0 atom stereocenters. The summed E-state index contributed by atoms with van der Waals surface area (Å²) in [6.07, 6.45) is 17.4. The third-order valence-electron chi connectivity index (χ3n) is 3.02. The Morgan fingerprint density at radius 1 is 0.500 bits per heavy atom. The first kappa shape index (κ1) is 17.2. The van der Waals surface area contributed by atoms with Gasteiger partial charge in [0.05, 0.1) is 0 Å². The van der Waals surface area contributed by atoms with E-state index in [1.807, 2.05) is 0 Å². The minimum Gasteiger partial charge on any atom is -0.0928 e. The van der Waals surface area contributed by atoms with Crippen LogP contribution in [0.15, 0.2) is 0 Å². The minimum atomic E-state index is 1.18. The van der Waals surface area contributed by atoms with E-state index in [4.69, 9.17) is 0 Å². The first-order valence-corrected chi connectivity index (χ1v) is 9.68. The number of rotatable bonds is 13. The van der Waals surface area contributed by atoms with Crippen LogP contribution in [0.25, 0.3) is 0 Å². The van der Waals surface area contributed by atoms with E-state index in [2.05, 4.69) is 38.5 Å². The van der Waals surface area contributed by atoms with E-state index < -0.39 is 0 Å². The Morgan fingerprint density at radius 3 is 1.12 bits per heavy atom. The van der Waals surface area contributed by atoms with Gasteiger partial charge in [-0.15, -0.1) is 0 Å². The van der Waals surface area contributed by atoms with Crippen molar-refractivity contribution >= 4 is 38.5 Å². The molecule has 0 fully saturated rings. The second-order valence-corrected chi connectivity index (χ2v) is 6.49. The fourth-order valence-corrected chi connectivity index (χ4v) is 2.89. The molecule has 0 radical (unpaired) electrons. The Morgan fingerprint density at radius 2 is 0.812 bits per heavy atom. The summed E-state index contributed by atoms with van der Waals surface area (Å²) in [5.41, 5.74) is 0. The zero-order chi connectivity index (χ0) is 11.9. The monoisotopic (exact) mass is 402 g/mol. The smallest absolute Gasteiger partial charge is 0.00313 e. The molecule has 0 aromatic rings. The lowest BCUT2D eigenvalue weighted by molar-refractivity contribution is 0.549. The largest absolute Gasteiger partial charge is 0.0928 e. The Balaban J connectivity index is 2.83. The topological polar surface area (TPSA) is 0 Å². The lowest BCUT2D eigenvalue weighted by Gasteiger charge is -2.02. The molecule has 98 valence electrons. The van der Waals surface area contributed by atoms with Crippen LogP contribution in [0.4, 0.5) is 0 Å². The second-order valence-electron chi connectivity index (χ2n) is 4.62. The van der Waals surface area contributed by atoms with Crippen molar-refractivity contribution in [2.24, 2.45) is 0 Å². The minimum absolute atomic E-state index is 1.18. The van der Waals surface area contributed by atoms with Crippen LogP contribution >= 0.6 is 38.5 Å². The van der Waals surface area contributed by atoms with E-state index in [1.165, 1.54) is 86.8 Å². The third-order valence-corrected chi connectivity index (χ3v) is 4.34. The Hall–Kier alpha value is 1.21. The molecule has 0 saturated carbocycles. The fourth-order valence-electron chi connectivity index (χ4n) is 1.96.